The molecule has 1 fully saturated rings. The maximum Gasteiger partial charge on any atom is 0.243 e. The van der Waals surface area contributed by atoms with Gasteiger partial charge in [0.2, 0.25) is 5.91 Å². The van der Waals surface area contributed by atoms with Crippen molar-refractivity contribution in [2.24, 2.45) is 5.92 Å². The van der Waals surface area contributed by atoms with Gasteiger partial charge in [0.05, 0.1) is 21.8 Å². The van der Waals surface area contributed by atoms with Crippen LogP contribution in [0.2, 0.25) is 5.02 Å². The number of hydrogen-bond donors (Lipinski definition) is 2. The highest BCUT2D eigenvalue weighted by atomic mass is 35.5. The number of carbonyl (C=O) groups is 1. The number of halogens is 1. The van der Waals surface area contributed by atoms with Crippen LogP contribution in [0.15, 0.2) is 42.5 Å². The van der Waals surface area contributed by atoms with Gasteiger partial charge in [-0.05, 0) is 49.6 Å². The highest BCUT2D eigenvalue weighted by Gasteiger charge is 2.27. The number of aryl methyl sites for hydroxylation is 1. The van der Waals surface area contributed by atoms with Crippen LogP contribution in [0.3, 0.4) is 0 Å². The number of fused-ring (bicyclic) bond motifs is 1. The van der Waals surface area contributed by atoms with E-state index < -0.39 is 0 Å². The summed E-state index contributed by atoms with van der Waals surface area (Å²) < 4.78 is 1.18. The van der Waals surface area contributed by atoms with Crippen LogP contribution in [-0.2, 0) is 4.79 Å². The zero-order valence-electron chi connectivity index (χ0n) is 15.0. The zero-order chi connectivity index (χ0) is 18.8. The third kappa shape index (κ3) is 4.01. The number of para-hydroxylation sites is 1. The number of hydrogen-bond acceptors (Lipinski definition) is 5. The largest absolute Gasteiger partial charge is 0.347 e. The normalized spacial score (nSPS) is 17.1. The first-order valence-corrected chi connectivity index (χ1v) is 10.2. The van der Waals surface area contributed by atoms with Gasteiger partial charge in [-0.25, -0.2) is 4.98 Å². The quantitative estimate of drug-likeness (QED) is 0.627. The summed E-state index contributed by atoms with van der Waals surface area (Å²) in [4.78, 5) is 19.6. The molecule has 0 spiro atoms. The number of amides is 1. The first-order valence-electron chi connectivity index (χ1n) is 9.03. The Bertz CT molecular complexity index is 941. The number of nitrogens with zero attached hydrogens (tertiary/aromatic N) is 2. The van der Waals surface area contributed by atoms with Crippen molar-refractivity contribution in [1.82, 2.24) is 10.4 Å². The van der Waals surface area contributed by atoms with Crippen molar-refractivity contribution in [3.05, 3.63) is 53.1 Å². The summed E-state index contributed by atoms with van der Waals surface area (Å²) in [6, 6.07) is 13.8. The van der Waals surface area contributed by atoms with Crippen molar-refractivity contribution in [1.29, 1.82) is 0 Å². The number of hydrazine groups is 1. The lowest BCUT2D eigenvalue weighted by Crippen LogP contribution is -2.44. The second-order valence-corrected chi connectivity index (χ2v) is 8.24. The van der Waals surface area contributed by atoms with Crippen LogP contribution in [0.1, 0.15) is 18.4 Å². The standard InChI is InChI=1S/C20H21ClN4OS/c1-13-8-9-15(11-16(13)21)23-24-19(26)14-5-4-10-25(12-14)20-22-17-6-2-3-7-18(17)27-20/h2-3,6-9,11,14,23H,4-5,10,12H2,1H3,(H,24,26). The highest BCUT2D eigenvalue weighted by molar-refractivity contribution is 7.22. The first kappa shape index (κ1) is 18.1. The molecule has 3 aromatic rings. The van der Waals surface area contributed by atoms with Gasteiger partial charge in [0, 0.05) is 18.1 Å². The van der Waals surface area contributed by atoms with Crippen molar-refractivity contribution in [2.45, 2.75) is 19.8 Å². The SMILES string of the molecule is Cc1ccc(NNC(=O)C2CCCN(c3nc4ccccc4s3)C2)cc1Cl. The summed E-state index contributed by atoms with van der Waals surface area (Å²) in [6.45, 7) is 3.57. The second kappa shape index (κ2) is 7.74. The average Bonchev–Trinajstić information content (AvgIpc) is 3.13. The van der Waals surface area contributed by atoms with E-state index >= 15 is 0 Å². The Balaban J connectivity index is 1.39. The maximum atomic E-state index is 12.6. The van der Waals surface area contributed by atoms with Gasteiger partial charge in [-0.15, -0.1) is 0 Å². The summed E-state index contributed by atoms with van der Waals surface area (Å²) in [7, 11) is 0. The van der Waals surface area contributed by atoms with Gasteiger partial charge >= 0.3 is 0 Å². The molecule has 140 valence electrons. The second-order valence-electron chi connectivity index (χ2n) is 6.83. The van der Waals surface area contributed by atoms with Crippen LogP contribution >= 0.6 is 22.9 Å². The van der Waals surface area contributed by atoms with E-state index in [-0.39, 0.29) is 11.8 Å². The fourth-order valence-corrected chi connectivity index (χ4v) is 4.45. The van der Waals surface area contributed by atoms with Gasteiger partial charge < -0.3 is 4.90 Å². The van der Waals surface area contributed by atoms with Gasteiger partial charge in [0.25, 0.3) is 0 Å². The Labute approximate surface area is 167 Å². The summed E-state index contributed by atoms with van der Waals surface area (Å²) in [5, 5.41) is 1.67. The molecular formula is C20H21ClN4OS. The molecule has 1 saturated heterocycles. The number of thiazole rings is 1. The zero-order valence-corrected chi connectivity index (χ0v) is 16.6. The van der Waals surface area contributed by atoms with E-state index in [4.69, 9.17) is 16.6 Å². The fraction of sp³-hybridized carbons (Fsp3) is 0.300. The number of aromatic nitrogens is 1. The van der Waals surface area contributed by atoms with Gasteiger partial charge in [-0.3, -0.25) is 15.6 Å². The van der Waals surface area contributed by atoms with Gasteiger partial charge in [0.15, 0.2) is 5.13 Å². The van der Waals surface area contributed by atoms with E-state index in [0.29, 0.717) is 11.6 Å². The monoisotopic (exact) mass is 400 g/mol. The molecule has 1 aliphatic heterocycles. The van der Waals surface area contributed by atoms with E-state index in [9.17, 15) is 4.79 Å². The molecule has 1 atom stereocenters. The highest BCUT2D eigenvalue weighted by Crippen LogP contribution is 2.31. The van der Waals surface area contributed by atoms with Crippen LogP contribution in [-0.4, -0.2) is 24.0 Å². The lowest BCUT2D eigenvalue weighted by atomic mass is 9.98. The molecule has 1 aromatic heterocycles. The van der Waals surface area contributed by atoms with E-state index in [1.807, 2.05) is 43.3 Å². The van der Waals surface area contributed by atoms with Crippen molar-refractivity contribution in [3.8, 4) is 0 Å². The van der Waals surface area contributed by atoms with Crippen LogP contribution in [0.5, 0.6) is 0 Å². The number of anilines is 2. The minimum absolute atomic E-state index is 0.00231. The van der Waals surface area contributed by atoms with E-state index in [1.165, 1.54) is 4.70 Å². The summed E-state index contributed by atoms with van der Waals surface area (Å²) in [5.74, 6) is -0.0725. The molecule has 1 unspecified atom stereocenters. The number of benzene rings is 2. The van der Waals surface area contributed by atoms with Gasteiger partial charge in [-0.1, -0.05) is 41.1 Å². The fourth-order valence-electron chi connectivity index (χ4n) is 3.27. The molecule has 27 heavy (non-hydrogen) atoms. The topological polar surface area (TPSA) is 57.3 Å². The molecule has 4 rings (SSSR count). The molecule has 2 aromatic carbocycles. The van der Waals surface area contributed by atoms with E-state index in [2.05, 4.69) is 21.8 Å². The molecule has 0 bridgehead atoms. The lowest BCUT2D eigenvalue weighted by molar-refractivity contribution is -0.124. The minimum atomic E-state index is -0.0702. The van der Waals surface area contributed by atoms with Gasteiger partial charge in [-0.2, -0.15) is 0 Å². The van der Waals surface area contributed by atoms with Crippen LogP contribution in [0.4, 0.5) is 10.8 Å². The molecule has 5 nitrogen and oxygen atoms in total. The predicted molar refractivity (Wildman–Crippen MR) is 113 cm³/mol. The third-order valence-corrected chi connectivity index (χ3v) is 6.35. The molecule has 0 aliphatic carbocycles. The summed E-state index contributed by atoms with van der Waals surface area (Å²) >= 11 is 7.82. The van der Waals surface area contributed by atoms with Crippen molar-refractivity contribution in [3.63, 3.8) is 0 Å². The number of rotatable bonds is 4. The molecular weight excluding hydrogens is 380 g/mol. The summed E-state index contributed by atoms with van der Waals surface area (Å²) in [5.41, 5.74) is 8.59. The Morgan fingerprint density at radius 2 is 2.15 bits per heavy atom. The molecule has 7 heteroatoms. The van der Waals surface area contributed by atoms with Crippen LogP contribution in [0.25, 0.3) is 10.2 Å². The molecule has 1 amide bonds. The van der Waals surface area contributed by atoms with E-state index in [0.717, 1.165) is 41.3 Å². The summed E-state index contributed by atoms with van der Waals surface area (Å²) in [6.07, 6.45) is 1.86. The smallest absolute Gasteiger partial charge is 0.243 e. The number of piperidine rings is 1. The van der Waals surface area contributed by atoms with Crippen molar-refractivity contribution in [2.75, 3.05) is 23.4 Å². The Morgan fingerprint density at radius 3 is 2.96 bits per heavy atom. The minimum Gasteiger partial charge on any atom is -0.347 e. The number of nitrogens with one attached hydrogen (secondary N) is 2. The van der Waals surface area contributed by atoms with Crippen LogP contribution < -0.4 is 15.8 Å². The molecule has 0 radical (unpaired) electrons. The van der Waals surface area contributed by atoms with E-state index in [1.54, 1.807) is 11.3 Å². The van der Waals surface area contributed by atoms with Crippen LogP contribution in [0, 0.1) is 12.8 Å². The lowest BCUT2D eigenvalue weighted by Gasteiger charge is -2.31. The Hall–Kier alpha value is -2.31. The molecule has 2 heterocycles. The third-order valence-electron chi connectivity index (χ3n) is 4.85. The molecule has 1 aliphatic rings. The molecule has 2 N–H and O–H groups in total. The van der Waals surface area contributed by atoms with Crippen molar-refractivity contribution < 1.29 is 4.79 Å². The number of carbonyl (C=O) groups excluding carboxylic acids is 1. The first-order chi connectivity index (χ1) is 13.1. The predicted octanol–water partition coefficient (Wildman–Crippen LogP) is 4.62. The maximum absolute atomic E-state index is 12.6. The Kier molecular flexibility index (Phi) is 5.18. The average molecular weight is 401 g/mol. The van der Waals surface area contributed by atoms with Gasteiger partial charge in [0.1, 0.15) is 0 Å². The Morgan fingerprint density at radius 1 is 1.30 bits per heavy atom. The van der Waals surface area contributed by atoms with Crippen molar-refractivity contribution >= 4 is 49.9 Å². The molecule has 0 saturated carbocycles.